The second kappa shape index (κ2) is 2.91. The van der Waals surface area contributed by atoms with Crippen molar-refractivity contribution < 1.29 is 9.84 Å². The molecular weight excluding hydrogens is 156 g/mol. The van der Waals surface area contributed by atoms with Crippen molar-refractivity contribution in [2.24, 2.45) is 9.98 Å². The topological polar surface area (TPSA) is 54.2 Å². The highest BCUT2D eigenvalue weighted by Crippen LogP contribution is 2.17. The first-order valence-electron chi connectivity index (χ1n) is 3.66. The van der Waals surface area contributed by atoms with Crippen molar-refractivity contribution in [2.45, 2.75) is 6.23 Å². The Morgan fingerprint density at radius 3 is 3.33 bits per heavy atom. The van der Waals surface area contributed by atoms with Crippen LogP contribution < -0.4 is 0 Å². The standard InChI is InChI=1S/C8H8N2O2/c11-5-8-10-6-1-3-9-4-2-7(6)12-8/h1-4,8,11H,5H2. The van der Waals surface area contributed by atoms with Gasteiger partial charge in [0.15, 0.2) is 0 Å². The van der Waals surface area contributed by atoms with E-state index in [-0.39, 0.29) is 6.61 Å². The van der Waals surface area contributed by atoms with E-state index in [0.717, 1.165) is 5.71 Å². The van der Waals surface area contributed by atoms with Crippen LogP contribution in [0.4, 0.5) is 0 Å². The Labute approximate surface area is 69.6 Å². The Bertz CT molecular complexity index is 302. The van der Waals surface area contributed by atoms with Gasteiger partial charge in [-0.05, 0) is 6.08 Å². The third kappa shape index (κ3) is 1.16. The van der Waals surface area contributed by atoms with Gasteiger partial charge in [0.1, 0.15) is 18.1 Å². The van der Waals surface area contributed by atoms with E-state index in [1.165, 1.54) is 0 Å². The van der Waals surface area contributed by atoms with Gasteiger partial charge in [-0.25, -0.2) is 4.99 Å². The first-order chi connectivity index (χ1) is 5.90. The molecule has 0 amide bonds. The average molecular weight is 164 g/mol. The fourth-order valence-electron chi connectivity index (χ4n) is 1.05. The van der Waals surface area contributed by atoms with E-state index in [1.807, 2.05) is 0 Å². The number of fused-ring (bicyclic) bond motifs is 1. The van der Waals surface area contributed by atoms with Gasteiger partial charge in [0, 0.05) is 18.5 Å². The van der Waals surface area contributed by atoms with Crippen molar-refractivity contribution in [3.8, 4) is 0 Å². The molecule has 0 radical (unpaired) electrons. The fourth-order valence-corrected chi connectivity index (χ4v) is 1.05. The van der Waals surface area contributed by atoms with E-state index >= 15 is 0 Å². The van der Waals surface area contributed by atoms with Crippen LogP contribution in [0.5, 0.6) is 0 Å². The van der Waals surface area contributed by atoms with Crippen LogP contribution in [0, 0.1) is 0 Å². The molecule has 2 aliphatic heterocycles. The quantitative estimate of drug-likeness (QED) is 0.604. The lowest BCUT2D eigenvalue weighted by Gasteiger charge is -2.03. The van der Waals surface area contributed by atoms with Gasteiger partial charge in [-0.3, -0.25) is 4.99 Å². The molecule has 0 saturated heterocycles. The predicted octanol–water partition coefficient (Wildman–Crippen LogP) is 0.258. The molecule has 2 aliphatic rings. The molecule has 1 unspecified atom stereocenters. The highest BCUT2D eigenvalue weighted by atomic mass is 16.5. The maximum atomic E-state index is 8.77. The molecule has 2 rings (SSSR count). The van der Waals surface area contributed by atoms with Crippen molar-refractivity contribution in [3.63, 3.8) is 0 Å². The molecule has 0 aromatic rings. The lowest BCUT2D eigenvalue weighted by Crippen LogP contribution is -2.08. The number of rotatable bonds is 1. The molecule has 62 valence electrons. The second-order valence-electron chi connectivity index (χ2n) is 2.41. The van der Waals surface area contributed by atoms with Crippen molar-refractivity contribution in [1.82, 2.24) is 0 Å². The summed E-state index contributed by atoms with van der Waals surface area (Å²) < 4.78 is 5.26. The number of aliphatic imine (C=N–C) groups is 2. The lowest BCUT2D eigenvalue weighted by molar-refractivity contribution is 0.0882. The highest BCUT2D eigenvalue weighted by Gasteiger charge is 2.21. The molecule has 0 aromatic carbocycles. The predicted molar refractivity (Wildman–Crippen MR) is 45.1 cm³/mol. The number of allylic oxidation sites excluding steroid dienone is 2. The summed E-state index contributed by atoms with van der Waals surface area (Å²) in [5.41, 5.74) is 0.742. The number of hydrogen-bond donors (Lipinski definition) is 1. The maximum Gasteiger partial charge on any atom is 0.213 e. The molecule has 0 aromatic heterocycles. The van der Waals surface area contributed by atoms with Crippen LogP contribution in [-0.4, -0.2) is 29.9 Å². The van der Waals surface area contributed by atoms with Gasteiger partial charge < -0.3 is 9.84 Å². The molecular formula is C8H8N2O2. The third-order valence-corrected chi connectivity index (χ3v) is 1.59. The first-order valence-corrected chi connectivity index (χ1v) is 3.66. The summed E-state index contributed by atoms with van der Waals surface area (Å²) in [7, 11) is 0. The van der Waals surface area contributed by atoms with Crippen LogP contribution >= 0.6 is 0 Å². The Balaban J connectivity index is 2.29. The summed E-state index contributed by atoms with van der Waals surface area (Å²) in [5.74, 6) is 0.673. The SMILES string of the molecule is OCC1N=C2C=CN=CC=C2O1. The molecule has 0 fully saturated rings. The van der Waals surface area contributed by atoms with Gasteiger partial charge in [-0.15, -0.1) is 0 Å². The van der Waals surface area contributed by atoms with E-state index in [9.17, 15) is 0 Å². The molecule has 0 aliphatic carbocycles. The van der Waals surface area contributed by atoms with Gasteiger partial charge in [-0.1, -0.05) is 0 Å². The summed E-state index contributed by atoms with van der Waals surface area (Å²) in [5, 5.41) is 8.77. The molecule has 4 nitrogen and oxygen atoms in total. The summed E-state index contributed by atoms with van der Waals surface area (Å²) in [4.78, 5) is 8.00. The third-order valence-electron chi connectivity index (χ3n) is 1.59. The number of aliphatic hydroxyl groups excluding tert-OH is 1. The molecule has 1 atom stereocenters. The molecule has 0 bridgehead atoms. The van der Waals surface area contributed by atoms with E-state index in [4.69, 9.17) is 9.84 Å². The first kappa shape index (κ1) is 7.24. The Hall–Kier alpha value is -1.42. The van der Waals surface area contributed by atoms with E-state index in [0.29, 0.717) is 5.76 Å². The van der Waals surface area contributed by atoms with Gasteiger partial charge in [0.25, 0.3) is 0 Å². The van der Waals surface area contributed by atoms with Crippen LogP contribution in [0.2, 0.25) is 0 Å². The lowest BCUT2D eigenvalue weighted by atomic mass is 10.3. The summed E-state index contributed by atoms with van der Waals surface area (Å²) in [6.45, 7) is -0.0914. The number of nitrogens with zero attached hydrogens (tertiary/aromatic N) is 2. The smallest absolute Gasteiger partial charge is 0.213 e. The largest absolute Gasteiger partial charge is 0.464 e. The molecule has 4 heteroatoms. The van der Waals surface area contributed by atoms with Gasteiger partial charge in [0.2, 0.25) is 6.23 Å². The minimum absolute atomic E-state index is 0.0914. The average Bonchev–Trinajstić information content (AvgIpc) is 2.37. The van der Waals surface area contributed by atoms with Crippen LogP contribution in [0.1, 0.15) is 0 Å². The van der Waals surface area contributed by atoms with Gasteiger partial charge in [-0.2, -0.15) is 0 Å². The summed E-state index contributed by atoms with van der Waals surface area (Å²) in [6.07, 6.45) is 6.32. The van der Waals surface area contributed by atoms with E-state index in [1.54, 1.807) is 24.6 Å². The Kier molecular flexibility index (Phi) is 1.75. The van der Waals surface area contributed by atoms with Crippen LogP contribution in [0.3, 0.4) is 0 Å². The maximum absolute atomic E-state index is 8.77. The number of ether oxygens (including phenoxy) is 1. The Morgan fingerprint density at radius 2 is 2.50 bits per heavy atom. The van der Waals surface area contributed by atoms with Gasteiger partial charge >= 0.3 is 0 Å². The van der Waals surface area contributed by atoms with Crippen molar-refractivity contribution in [1.29, 1.82) is 0 Å². The summed E-state index contributed by atoms with van der Waals surface area (Å²) >= 11 is 0. The van der Waals surface area contributed by atoms with Crippen molar-refractivity contribution in [3.05, 3.63) is 24.1 Å². The molecule has 12 heavy (non-hydrogen) atoms. The van der Waals surface area contributed by atoms with Crippen molar-refractivity contribution >= 4 is 11.9 Å². The fraction of sp³-hybridized carbons (Fsp3) is 0.250. The zero-order chi connectivity index (χ0) is 8.39. The highest BCUT2D eigenvalue weighted by molar-refractivity contribution is 6.10. The minimum Gasteiger partial charge on any atom is -0.464 e. The number of aliphatic hydroxyl groups is 1. The van der Waals surface area contributed by atoms with Crippen LogP contribution in [-0.2, 0) is 4.74 Å². The molecule has 0 saturated carbocycles. The van der Waals surface area contributed by atoms with E-state index in [2.05, 4.69) is 9.98 Å². The number of hydrogen-bond acceptors (Lipinski definition) is 4. The molecule has 1 N–H and O–H groups in total. The zero-order valence-corrected chi connectivity index (χ0v) is 6.34. The van der Waals surface area contributed by atoms with Crippen LogP contribution in [0.15, 0.2) is 34.1 Å². The molecule has 2 heterocycles. The van der Waals surface area contributed by atoms with Gasteiger partial charge in [0.05, 0.1) is 0 Å². The molecule has 0 spiro atoms. The zero-order valence-electron chi connectivity index (χ0n) is 6.34. The second-order valence-corrected chi connectivity index (χ2v) is 2.41. The Morgan fingerprint density at radius 1 is 1.58 bits per heavy atom. The minimum atomic E-state index is -0.442. The summed E-state index contributed by atoms with van der Waals surface area (Å²) in [6, 6.07) is 0. The van der Waals surface area contributed by atoms with Crippen LogP contribution in [0.25, 0.3) is 0 Å². The van der Waals surface area contributed by atoms with Crippen molar-refractivity contribution in [2.75, 3.05) is 6.61 Å². The normalized spacial score (nSPS) is 25.6. The monoisotopic (exact) mass is 164 g/mol. The van der Waals surface area contributed by atoms with E-state index < -0.39 is 6.23 Å².